The highest BCUT2D eigenvalue weighted by atomic mass is 35.5. The Morgan fingerprint density at radius 1 is 1.26 bits per heavy atom. The summed E-state index contributed by atoms with van der Waals surface area (Å²) in [4.78, 5) is 16.2. The minimum atomic E-state index is 0.177. The number of imidazole rings is 1. The highest BCUT2D eigenvalue weighted by Gasteiger charge is 2.06. The van der Waals surface area contributed by atoms with Crippen molar-refractivity contribution in [2.75, 3.05) is 0 Å². The third-order valence-corrected chi connectivity index (χ3v) is 3.39. The fraction of sp³-hybridized carbons (Fsp3) is 0.333. The Labute approximate surface area is 118 Å². The maximum absolute atomic E-state index is 11.9. The molecule has 100 valence electrons. The third kappa shape index (κ3) is 3.93. The van der Waals surface area contributed by atoms with E-state index in [1.54, 1.807) is 30.5 Å². The van der Waals surface area contributed by atoms with Gasteiger partial charge in [0.25, 0.3) is 0 Å². The van der Waals surface area contributed by atoms with Gasteiger partial charge in [-0.2, -0.15) is 0 Å². The van der Waals surface area contributed by atoms with Crippen LogP contribution in [0, 0.1) is 0 Å². The Balaban J connectivity index is 1.75. The first-order chi connectivity index (χ1) is 9.16. The van der Waals surface area contributed by atoms with Gasteiger partial charge in [0.1, 0.15) is 5.82 Å². The molecule has 0 saturated carbocycles. The number of benzene rings is 1. The van der Waals surface area contributed by atoms with Gasteiger partial charge in [-0.1, -0.05) is 11.6 Å². The summed E-state index contributed by atoms with van der Waals surface area (Å²) >= 11 is 5.79. The number of hydrogen-bond acceptors (Lipinski definition) is 2. The third-order valence-electron chi connectivity index (χ3n) is 3.14. The molecule has 1 heterocycles. The number of aromatic nitrogens is 2. The number of hydrogen-bond donors (Lipinski definition) is 0. The number of unbranched alkanes of at least 4 members (excludes halogenated alkanes) is 1. The summed E-state index contributed by atoms with van der Waals surface area (Å²) in [5, 5.41) is 0.659. The van der Waals surface area contributed by atoms with Crippen LogP contribution in [-0.2, 0) is 13.5 Å². The van der Waals surface area contributed by atoms with Crippen molar-refractivity contribution in [3.63, 3.8) is 0 Å². The fourth-order valence-electron chi connectivity index (χ4n) is 1.99. The summed E-state index contributed by atoms with van der Waals surface area (Å²) in [6.45, 7) is 0. The molecule has 0 fully saturated rings. The van der Waals surface area contributed by atoms with Crippen molar-refractivity contribution in [3.05, 3.63) is 53.1 Å². The van der Waals surface area contributed by atoms with Crippen LogP contribution >= 0.6 is 11.6 Å². The molecule has 0 unspecified atom stereocenters. The predicted octanol–water partition coefficient (Wildman–Crippen LogP) is 3.67. The van der Waals surface area contributed by atoms with Gasteiger partial charge in [0.05, 0.1) is 0 Å². The lowest BCUT2D eigenvalue weighted by Gasteiger charge is -2.03. The maximum atomic E-state index is 11.9. The van der Waals surface area contributed by atoms with E-state index in [0.29, 0.717) is 11.4 Å². The van der Waals surface area contributed by atoms with Crippen LogP contribution in [0.3, 0.4) is 0 Å². The van der Waals surface area contributed by atoms with Crippen molar-refractivity contribution in [2.45, 2.75) is 25.7 Å². The number of nitrogens with zero attached hydrogens (tertiary/aromatic N) is 2. The van der Waals surface area contributed by atoms with E-state index in [0.717, 1.165) is 30.7 Å². The Kier molecular flexibility index (Phi) is 4.74. The molecule has 2 aromatic rings. The van der Waals surface area contributed by atoms with Gasteiger partial charge in [-0.05, 0) is 37.1 Å². The van der Waals surface area contributed by atoms with Gasteiger partial charge in [-0.3, -0.25) is 4.79 Å². The zero-order valence-corrected chi connectivity index (χ0v) is 11.7. The molecule has 4 heteroatoms. The average molecular weight is 277 g/mol. The number of carbonyl (C=O) groups excluding carboxylic acids is 1. The summed E-state index contributed by atoms with van der Waals surface area (Å²) in [5.41, 5.74) is 0.737. The number of Topliss-reactive ketones (excluding diaryl/α,β-unsaturated/α-hetero) is 1. The molecule has 0 bridgehead atoms. The van der Waals surface area contributed by atoms with Crippen LogP contribution in [0.2, 0.25) is 5.02 Å². The van der Waals surface area contributed by atoms with Crippen molar-refractivity contribution < 1.29 is 4.79 Å². The molecule has 1 aromatic carbocycles. The number of carbonyl (C=O) groups is 1. The predicted molar refractivity (Wildman–Crippen MR) is 76.5 cm³/mol. The first-order valence-electron chi connectivity index (χ1n) is 6.42. The topological polar surface area (TPSA) is 34.9 Å². The van der Waals surface area contributed by atoms with Crippen LogP contribution in [0.4, 0.5) is 0 Å². The molecule has 0 amide bonds. The van der Waals surface area contributed by atoms with Crippen LogP contribution in [0.15, 0.2) is 36.7 Å². The summed E-state index contributed by atoms with van der Waals surface area (Å²) < 4.78 is 2.01. The number of aryl methyl sites for hydroxylation is 2. The molecule has 0 aliphatic carbocycles. The SMILES string of the molecule is Cn1ccnc1CCCCC(=O)c1ccc(Cl)cc1. The molecule has 0 radical (unpaired) electrons. The molecule has 0 spiro atoms. The molecule has 1 aromatic heterocycles. The van der Waals surface area contributed by atoms with E-state index in [9.17, 15) is 4.79 Å². The Morgan fingerprint density at radius 2 is 2.00 bits per heavy atom. The molecule has 0 aliphatic heterocycles. The highest BCUT2D eigenvalue weighted by molar-refractivity contribution is 6.30. The van der Waals surface area contributed by atoms with Crippen LogP contribution in [-0.4, -0.2) is 15.3 Å². The smallest absolute Gasteiger partial charge is 0.162 e. The monoisotopic (exact) mass is 276 g/mol. The minimum Gasteiger partial charge on any atom is -0.338 e. The second-order valence-corrected chi connectivity index (χ2v) is 5.03. The largest absolute Gasteiger partial charge is 0.338 e. The molecule has 0 aliphatic rings. The Bertz CT molecular complexity index is 546. The second-order valence-electron chi connectivity index (χ2n) is 4.59. The van der Waals surface area contributed by atoms with Crippen molar-refractivity contribution in [3.8, 4) is 0 Å². The lowest BCUT2D eigenvalue weighted by molar-refractivity contribution is 0.0979. The van der Waals surface area contributed by atoms with E-state index in [-0.39, 0.29) is 5.78 Å². The van der Waals surface area contributed by atoms with E-state index >= 15 is 0 Å². The first-order valence-corrected chi connectivity index (χ1v) is 6.79. The zero-order chi connectivity index (χ0) is 13.7. The van der Waals surface area contributed by atoms with Crippen LogP contribution in [0.5, 0.6) is 0 Å². The summed E-state index contributed by atoms with van der Waals surface area (Å²) in [6.07, 6.45) is 7.09. The lowest BCUT2D eigenvalue weighted by atomic mass is 10.0. The summed E-state index contributed by atoms with van der Waals surface area (Å²) in [7, 11) is 1.99. The molecular weight excluding hydrogens is 260 g/mol. The van der Waals surface area contributed by atoms with Crippen molar-refractivity contribution >= 4 is 17.4 Å². The lowest BCUT2D eigenvalue weighted by Crippen LogP contribution is -2.01. The number of ketones is 1. The molecular formula is C15H17ClN2O. The van der Waals surface area contributed by atoms with Crippen LogP contribution in [0.1, 0.15) is 35.4 Å². The molecule has 3 nitrogen and oxygen atoms in total. The standard InChI is InChI=1S/C15H17ClN2O/c1-18-11-10-17-15(18)5-3-2-4-14(19)12-6-8-13(16)9-7-12/h6-11H,2-5H2,1H3. The van der Waals surface area contributed by atoms with Gasteiger partial charge in [0.2, 0.25) is 0 Å². The first kappa shape index (κ1) is 13.8. The van der Waals surface area contributed by atoms with Gasteiger partial charge >= 0.3 is 0 Å². The summed E-state index contributed by atoms with van der Waals surface area (Å²) in [6, 6.07) is 7.07. The van der Waals surface area contributed by atoms with E-state index in [2.05, 4.69) is 4.98 Å². The molecule has 19 heavy (non-hydrogen) atoms. The molecule has 2 rings (SSSR count). The fourth-order valence-corrected chi connectivity index (χ4v) is 2.11. The second kappa shape index (κ2) is 6.53. The van der Waals surface area contributed by atoms with Crippen LogP contribution in [0.25, 0.3) is 0 Å². The van der Waals surface area contributed by atoms with E-state index in [4.69, 9.17) is 11.6 Å². The van der Waals surface area contributed by atoms with E-state index in [1.165, 1.54) is 0 Å². The van der Waals surface area contributed by atoms with Gasteiger partial charge in [0, 0.05) is 42.9 Å². The van der Waals surface area contributed by atoms with Gasteiger partial charge < -0.3 is 4.57 Å². The highest BCUT2D eigenvalue weighted by Crippen LogP contribution is 2.13. The maximum Gasteiger partial charge on any atom is 0.162 e. The van der Waals surface area contributed by atoms with E-state index < -0.39 is 0 Å². The molecule has 0 atom stereocenters. The minimum absolute atomic E-state index is 0.177. The summed E-state index contributed by atoms with van der Waals surface area (Å²) in [5.74, 6) is 1.25. The Morgan fingerprint density at radius 3 is 2.63 bits per heavy atom. The van der Waals surface area contributed by atoms with Gasteiger partial charge in [0.15, 0.2) is 5.78 Å². The number of rotatable bonds is 6. The quantitative estimate of drug-likeness (QED) is 0.596. The van der Waals surface area contributed by atoms with Crippen molar-refractivity contribution in [2.24, 2.45) is 7.05 Å². The Hall–Kier alpha value is -1.61. The van der Waals surface area contributed by atoms with Crippen molar-refractivity contribution in [1.29, 1.82) is 0 Å². The average Bonchev–Trinajstić information content (AvgIpc) is 2.81. The van der Waals surface area contributed by atoms with Gasteiger partial charge in [-0.25, -0.2) is 4.98 Å². The molecule has 0 saturated heterocycles. The normalized spacial score (nSPS) is 10.6. The van der Waals surface area contributed by atoms with E-state index in [1.807, 2.05) is 17.8 Å². The van der Waals surface area contributed by atoms with Crippen LogP contribution < -0.4 is 0 Å². The van der Waals surface area contributed by atoms with Crippen molar-refractivity contribution in [1.82, 2.24) is 9.55 Å². The number of halogens is 1. The molecule has 0 N–H and O–H groups in total. The van der Waals surface area contributed by atoms with Gasteiger partial charge in [-0.15, -0.1) is 0 Å². The zero-order valence-electron chi connectivity index (χ0n) is 11.0.